The number of benzene rings is 1. The highest BCUT2D eigenvalue weighted by molar-refractivity contribution is 7.93. The van der Waals surface area contributed by atoms with E-state index in [9.17, 15) is 13.2 Å². The van der Waals surface area contributed by atoms with Crippen LogP contribution in [0.25, 0.3) is 11.4 Å². The summed E-state index contributed by atoms with van der Waals surface area (Å²) < 4.78 is 28.4. The van der Waals surface area contributed by atoms with Crippen molar-refractivity contribution in [3.05, 3.63) is 24.3 Å². The van der Waals surface area contributed by atoms with E-state index in [1.807, 2.05) is 6.92 Å². The second kappa shape index (κ2) is 7.86. The summed E-state index contributed by atoms with van der Waals surface area (Å²) in [6.07, 6.45) is 1.25. The van der Waals surface area contributed by atoms with Crippen molar-refractivity contribution in [1.29, 1.82) is 0 Å². The third-order valence-corrected chi connectivity index (χ3v) is 6.73. The van der Waals surface area contributed by atoms with Crippen LogP contribution < -0.4 is 10.1 Å². The number of nitrogens with zero attached hydrogens (tertiary/aromatic N) is 2. The molecule has 0 aliphatic heterocycles. The van der Waals surface area contributed by atoms with Crippen molar-refractivity contribution in [2.45, 2.75) is 38.4 Å². The van der Waals surface area contributed by atoms with Gasteiger partial charge in [-0.1, -0.05) is 13.3 Å². The molecule has 0 radical (unpaired) electrons. The fraction of sp³-hybridized carbons (Fsp3) is 0.471. The fourth-order valence-electron chi connectivity index (χ4n) is 2.18. The number of unbranched alkanes of at least 4 members (excludes halogenated alkanes) is 1. The summed E-state index contributed by atoms with van der Waals surface area (Å²) in [5, 5.41) is 9.14. The van der Waals surface area contributed by atoms with E-state index in [1.165, 1.54) is 13.8 Å². The minimum absolute atomic E-state index is 0.0274. The first-order valence-corrected chi connectivity index (χ1v) is 9.97. The van der Waals surface area contributed by atoms with Crippen LogP contribution in [-0.2, 0) is 14.6 Å². The van der Waals surface area contributed by atoms with Crippen LogP contribution in [0.15, 0.2) is 24.3 Å². The lowest BCUT2D eigenvalue weighted by molar-refractivity contribution is -0.117. The number of amides is 1. The average Bonchev–Trinajstić information content (AvgIpc) is 3.08. The summed E-state index contributed by atoms with van der Waals surface area (Å²) in [6, 6.07) is 7.15. The number of aromatic nitrogens is 3. The van der Waals surface area contributed by atoms with Crippen LogP contribution in [0.5, 0.6) is 5.75 Å². The molecule has 2 N–H and O–H groups in total. The van der Waals surface area contributed by atoms with Crippen LogP contribution in [0.2, 0.25) is 0 Å². The molecule has 1 aromatic heterocycles. The summed E-state index contributed by atoms with van der Waals surface area (Å²) in [4.78, 5) is 16.7. The van der Waals surface area contributed by atoms with Crippen molar-refractivity contribution >= 4 is 21.7 Å². The molecule has 142 valence electrons. The first-order chi connectivity index (χ1) is 12.2. The molecule has 0 fully saturated rings. The molecule has 1 heterocycles. The normalized spacial score (nSPS) is 12.0. The Morgan fingerprint density at radius 3 is 2.50 bits per heavy atom. The van der Waals surface area contributed by atoms with E-state index in [0.717, 1.165) is 12.0 Å². The fourth-order valence-corrected chi connectivity index (χ4v) is 3.69. The van der Waals surface area contributed by atoms with Gasteiger partial charge in [0.1, 0.15) is 10.5 Å². The highest BCUT2D eigenvalue weighted by Gasteiger charge is 2.41. The van der Waals surface area contributed by atoms with Crippen LogP contribution in [0.1, 0.15) is 33.6 Å². The SMILES string of the molecule is CCCCS(=O)(=O)C(C)(C)C(=O)Nc1n[nH]c(-c2ccc(OC)cc2)n1. The molecule has 8 nitrogen and oxygen atoms in total. The van der Waals surface area contributed by atoms with Gasteiger partial charge in [-0.15, -0.1) is 5.10 Å². The summed E-state index contributed by atoms with van der Waals surface area (Å²) in [7, 11) is -2.01. The Hall–Kier alpha value is -2.42. The van der Waals surface area contributed by atoms with Gasteiger partial charge in [-0.05, 0) is 44.5 Å². The number of rotatable bonds is 8. The van der Waals surface area contributed by atoms with E-state index in [1.54, 1.807) is 31.4 Å². The molecule has 0 aliphatic carbocycles. The molecule has 0 unspecified atom stereocenters. The monoisotopic (exact) mass is 380 g/mol. The number of carbonyl (C=O) groups excluding carboxylic acids is 1. The van der Waals surface area contributed by atoms with E-state index in [0.29, 0.717) is 18.0 Å². The van der Waals surface area contributed by atoms with Gasteiger partial charge in [-0.3, -0.25) is 15.2 Å². The highest BCUT2D eigenvalue weighted by atomic mass is 32.2. The zero-order valence-electron chi connectivity index (χ0n) is 15.4. The van der Waals surface area contributed by atoms with Crippen LogP contribution in [0, 0.1) is 0 Å². The van der Waals surface area contributed by atoms with Crippen molar-refractivity contribution in [3.63, 3.8) is 0 Å². The van der Waals surface area contributed by atoms with Gasteiger partial charge in [0.05, 0.1) is 12.9 Å². The van der Waals surface area contributed by atoms with Crippen molar-refractivity contribution in [1.82, 2.24) is 15.2 Å². The van der Waals surface area contributed by atoms with Gasteiger partial charge < -0.3 is 4.74 Å². The third kappa shape index (κ3) is 4.21. The quantitative estimate of drug-likeness (QED) is 0.727. The first-order valence-electron chi connectivity index (χ1n) is 8.32. The zero-order chi connectivity index (χ0) is 19.4. The standard InChI is InChI=1S/C17H24N4O4S/c1-5-6-11-26(23,24)17(2,3)15(22)19-16-18-14(20-21-16)12-7-9-13(25-4)10-8-12/h7-10H,5-6,11H2,1-4H3,(H2,18,19,20,21,22). The van der Waals surface area contributed by atoms with E-state index < -0.39 is 20.5 Å². The molecule has 0 bridgehead atoms. The van der Waals surface area contributed by atoms with Crippen LogP contribution >= 0.6 is 0 Å². The number of hydrogen-bond acceptors (Lipinski definition) is 6. The molecule has 9 heteroatoms. The maximum Gasteiger partial charge on any atom is 0.249 e. The Morgan fingerprint density at radius 1 is 1.27 bits per heavy atom. The third-order valence-electron chi connectivity index (χ3n) is 4.17. The average molecular weight is 380 g/mol. The summed E-state index contributed by atoms with van der Waals surface area (Å²) >= 11 is 0. The molecule has 0 spiro atoms. The molecule has 0 atom stereocenters. The molecule has 1 amide bonds. The second-order valence-electron chi connectivity index (χ2n) is 6.37. The number of methoxy groups -OCH3 is 1. The number of nitrogens with one attached hydrogen (secondary N) is 2. The van der Waals surface area contributed by atoms with Gasteiger partial charge >= 0.3 is 0 Å². The summed E-state index contributed by atoms with van der Waals surface area (Å²) in [6.45, 7) is 4.69. The van der Waals surface area contributed by atoms with Gasteiger partial charge in [0.15, 0.2) is 15.7 Å². The largest absolute Gasteiger partial charge is 0.497 e. The maximum absolute atomic E-state index is 12.5. The maximum atomic E-state index is 12.5. The lowest BCUT2D eigenvalue weighted by Crippen LogP contribution is -2.45. The molecule has 26 heavy (non-hydrogen) atoms. The van der Waals surface area contributed by atoms with E-state index in [-0.39, 0.29) is 11.7 Å². The zero-order valence-corrected chi connectivity index (χ0v) is 16.2. The topological polar surface area (TPSA) is 114 Å². The Labute approximate surface area is 153 Å². The number of anilines is 1. The molecule has 1 aromatic carbocycles. The molecule has 2 aromatic rings. The van der Waals surface area contributed by atoms with Crippen LogP contribution in [-0.4, -0.2) is 47.1 Å². The molecular formula is C17H24N4O4S. The number of sulfone groups is 1. The van der Waals surface area contributed by atoms with Crippen molar-refractivity contribution < 1.29 is 17.9 Å². The van der Waals surface area contributed by atoms with E-state index >= 15 is 0 Å². The number of H-pyrrole nitrogens is 1. The van der Waals surface area contributed by atoms with Gasteiger partial charge in [0, 0.05) is 5.56 Å². The Balaban J connectivity index is 2.13. The first kappa shape index (κ1) is 19.9. The number of hydrogen-bond donors (Lipinski definition) is 2. The van der Waals surface area contributed by atoms with Crippen LogP contribution in [0.3, 0.4) is 0 Å². The Morgan fingerprint density at radius 2 is 1.92 bits per heavy atom. The minimum Gasteiger partial charge on any atom is -0.497 e. The molecule has 2 rings (SSSR count). The second-order valence-corrected chi connectivity index (χ2v) is 9.03. The lowest BCUT2D eigenvalue weighted by Gasteiger charge is -2.22. The molecule has 0 saturated carbocycles. The number of aromatic amines is 1. The molecule has 0 aliphatic rings. The van der Waals surface area contributed by atoms with Gasteiger partial charge in [-0.2, -0.15) is 4.98 Å². The predicted octanol–water partition coefficient (Wildman–Crippen LogP) is 2.41. The Kier molecular flexibility index (Phi) is 6.01. The number of ether oxygens (including phenoxy) is 1. The van der Waals surface area contributed by atoms with Gasteiger partial charge in [0.2, 0.25) is 11.9 Å². The van der Waals surface area contributed by atoms with Gasteiger partial charge in [-0.25, -0.2) is 8.42 Å². The minimum atomic E-state index is -3.59. The summed E-state index contributed by atoms with van der Waals surface area (Å²) in [5.41, 5.74) is 0.758. The Bertz CT molecular complexity index is 857. The van der Waals surface area contributed by atoms with E-state index in [2.05, 4.69) is 20.5 Å². The smallest absolute Gasteiger partial charge is 0.249 e. The van der Waals surface area contributed by atoms with Gasteiger partial charge in [0.25, 0.3) is 0 Å². The van der Waals surface area contributed by atoms with Crippen LogP contribution in [0.4, 0.5) is 5.95 Å². The number of carbonyl (C=O) groups is 1. The lowest BCUT2D eigenvalue weighted by atomic mass is 10.2. The van der Waals surface area contributed by atoms with Crippen molar-refractivity contribution in [2.24, 2.45) is 0 Å². The summed E-state index contributed by atoms with van der Waals surface area (Å²) in [5.74, 6) is 0.499. The molecule has 0 saturated heterocycles. The predicted molar refractivity (Wildman–Crippen MR) is 99.8 cm³/mol. The van der Waals surface area contributed by atoms with E-state index in [4.69, 9.17) is 4.74 Å². The van der Waals surface area contributed by atoms with Crippen molar-refractivity contribution in [2.75, 3.05) is 18.2 Å². The molecular weight excluding hydrogens is 356 g/mol. The highest BCUT2D eigenvalue weighted by Crippen LogP contribution is 2.22. The van der Waals surface area contributed by atoms with Crippen molar-refractivity contribution in [3.8, 4) is 17.1 Å².